The van der Waals surface area contributed by atoms with Gasteiger partial charge >= 0.3 is 0 Å². The van der Waals surface area contributed by atoms with E-state index < -0.39 is 0 Å². The van der Waals surface area contributed by atoms with Crippen LogP contribution >= 0.6 is 39.3 Å². The average molecular weight is 373 g/mol. The van der Waals surface area contributed by atoms with Crippen molar-refractivity contribution in [2.75, 3.05) is 16.8 Å². The minimum absolute atomic E-state index is 0.149. The van der Waals surface area contributed by atoms with E-state index in [1.807, 2.05) is 6.07 Å². The molecule has 7 heteroatoms. The van der Waals surface area contributed by atoms with Crippen molar-refractivity contribution in [2.24, 2.45) is 0 Å². The van der Waals surface area contributed by atoms with Gasteiger partial charge in [-0.05, 0) is 46.3 Å². The first-order valence-corrected chi connectivity index (χ1v) is 7.79. The van der Waals surface area contributed by atoms with Gasteiger partial charge in [0.1, 0.15) is 5.82 Å². The van der Waals surface area contributed by atoms with Gasteiger partial charge in [-0.2, -0.15) is 0 Å². The number of anilines is 2. The Labute approximate surface area is 134 Å². The molecule has 0 aliphatic carbocycles. The Morgan fingerprint density at radius 2 is 2.20 bits per heavy atom. The molecule has 0 fully saturated rings. The van der Waals surface area contributed by atoms with Gasteiger partial charge in [-0.15, -0.1) is 11.8 Å². The maximum absolute atomic E-state index is 11.8. The molecular weight excluding hydrogens is 362 g/mol. The Morgan fingerprint density at radius 1 is 1.40 bits per heavy atom. The van der Waals surface area contributed by atoms with E-state index >= 15 is 0 Å². The number of nitrogens with zero attached hydrogens (tertiary/aromatic N) is 1. The first-order valence-electron chi connectivity index (χ1n) is 5.64. The number of benzene rings is 1. The van der Waals surface area contributed by atoms with E-state index in [1.54, 1.807) is 30.5 Å². The van der Waals surface area contributed by atoms with Crippen LogP contribution in [0.25, 0.3) is 0 Å². The molecule has 1 aromatic heterocycles. The summed E-state index contributed by atoms with van der Waals surface area (Å²) in [6.45, 7) is 0. The lowest BCUT2D eigenvalue weighted by atomic mass is 10.3. The lowest BCUT2D eigenvalue weighted by molar-refractivity contribution is -0.113. The quantitative estimate of drug-likeness (QED) is 0.632. The zero-order valence-electron chi connectivity index (χ0n) is 10.3. The third kappa shape index (κ3) is 4.40. The van der Waals surface area contributed by atoms with Crippen LogP contribution in [0.5, 0.6) is 0 Å². The summed E-state index contributed by atoms with van der Waals surface area (Å²) in [6, 6.07) is 8.71. The lowest BCUT2D eigenvalue weighted by Gasteiger charge is -2.06. The van der Waals surface area contributed by atoms with Crippen LogP contribution in [-0.4, -0.2) is 16.6 Å². The van der Waals surface area contributed by atoms with Crippen molar-refractivity contribution < 1.29 is 4.79 Å². The number of hydrogen-bond donors (Lipinski definition) is 2. The normalized spacial score (nSPS) is 10.3. The summed E-state index contributed by atoms with van der Waals surface area (Å²) < 4.78 is 0.858. The fourth-order valence-corrected chi connectivity index (χ4v) is 2.68. The summed E-state index contributed by atoms with van der Waals surface area (Å²) in [5.41, 5.74) is 6.42. The van der Waals surface area contributed by atoms with Crippen LogP contribution in [-0.2, 0) is 4.79 Å². The molecule has 0 atom stereocenters. The van der Waals surface area contributed by atoms with Gasteiger partial charge in [-0.3, -0.25) is 4.79 Å². The van der Waals surface area contributed by atoms with Crippen molar-refractivity contribution in [1.29, 1.82) is 0 Å². The molecule has 0 unspecified atom stereocenters. The number of amides is 1. The van der Waals surface area contributed by atoms with Gasteiger partial charge in [0, 0.05) is 26.3 Å². The van der Waals surface area contributed by atoms with Crippen LogP contribution in [0.15, 0.2) is 45.9 Å². The number of nitrogens with one attached hydrogen (secondary N) is 1. The highest BCUT2D eigenvalue weighted by molar-refractivity contribution is 9.10. The predicted molar refractivity (Wildman–Crippen MR) is 87.2 cm³/mol. The highest BCUT2D eigenvalue weighted by atomic mass is 79.9. The number of aromatic nitrogens is 1. The topological polar surface area (TPSA) is 68.0 Å². The minimum atomic E-state index is -0.149. The molecule has 0 saturated carbocycles. The number of pyridine rings is 1. The van der Waals surface area contributed by atoms with Crippen molar-refractivity contribution in [3.05, 3.63) is 46.0 Å². The van der Waals surface area contributed by atoms with Crippen molar-refractivity contribution in [2.45, 2.75) is 4.90 Å². The van der Waals surface area contributed by atoms with Crippen LogP contribution in [0.4, 0.5) is 11.5 Å². The standard InChI is InChI=1S/C13H11BrClN3OS/c14-8-1-4-12(17-6-8)18-13(19)7-20-11-5-9(15)2-3-10(11)16/h1-6H,7,16H2,(H,17,18,19). The third-order valence-electron chi connectivity index (χ3n) is 2.33. The number of halogens is 2. The number of nitrogens with two attached hydrogens (primary N) is 1. The smallest absolute Gasteiger partial charge is 0.235 e. The van der Waals surface area contributed by atoms with Crippen molar-refractivity contribution in [3.63, 3.8) is 0 Å². The largest absolute Gasteiger partial charge is 0.398 e. The van der Waals surface area contributed by atoms with E-state index in [0.717, 1.165) is 9.37 Å². The summed E-state index contributed by atoms with van der Waals surface area (Å²) in [7, 11) is 0. The van der Waals surface area contributed by atoms with Gasteiger partial charge in [-0.25, -0.2) is 4.98 Å². The number of thioether (sulfide) groups is 1. The molecule has 0 bridgehead atoms. The molecule has 0 spiro atoms. The van der Waals surface area contributed by atoms with Crippen molar-refractivity contribution in [3.8, 4) is 0 Å². The van der Waals surface area contributed by atoms with E-state index in [1.165, 1.54) is 11.8 Å². The monoisotopic (exact) mass is 371 g/mol. The molecule has 1 aromatic carbocycles. The summed E-state index contributed by atoms with van der Waals surface area (Å²) >= 11 is 10.5. The van der Waals surface area contributed by atoms with E-state index in [0.29, 0.717) is 16.5 Å². The molecule has 1 heterocycles. The Bertz CT molecular complexity index is 622. The predicted octanol–water partition coefficient (Wildman–Crippen LogP) is 3.81. The second kappa shape index (κ2) is 6.97. The SMILES string of the molecule is Nc1ccc(Cl)cc1SCC(=O)Nc1ccc(Br)cn1. The first kappa shape index (κ1) is 15.2. The number of rotatable bonds is 4. The molecule has 1 amide bonds. The molecule has 0 aliphatic heterocycles. The van der Waals surface area contributed by atoms with Gasteiger partial charge < -0.3 is 11.1 Å². The summed E-state index contributed by atoms with van der Waals surface area (Å²) in [6.07, 6.45) is 1.62. The van der Waals surface area contributed by atoms with Gasteiger partial charge in [-0.1, -0.05) is 11.6 Å². The molecule has 20 heavy (non-hydrogen) atoms. The van der Waals surface area contributed by atoms with Gasteiger partial charge in [0.15, 0.2) is 0 Å². The van der Waals surface area contributed by atoms with Crippen LogP contribution in [0, 0.1) is 0 Å². The fourth-order valence-electron chi connectivity index (χ4n) is 1.41. The van der Waals surface area contributed by atoms with Crippen LogP contribution in [0.3, 0.4) is 0 Å². The number of hydrogen-bond acceptors (Lipinski definition) is 4. The van der Waals surface area contributed by atoms with Gasteiger partial charge in [0.05, 0.1) is 5.75 Å². The maximum Gasteiger partial charge on any atom is 0.235 e. The fraction of sp³-hybridized carbons (Fsp3) is 0.0769. The Kier molecular flexibility index (Phi) is 5.28. The molecular formula is C13H11BrClN3OS. The zero-order valence-corrected chi connectivity index (χ0v) is 13.4. The van der Waals surface area contributed by atoms with E-state index in [-0.39, 0.29) is 11.7 Å². The van der Waals surface area contributed by atoms with Crippen molar-refractivity contribution in [1.82, 2.24) is 4.98 Å². The zero-order chi connectivity index (χ0) is 14.5. The lowest BCUT2D eigenvalue weighted by Crippen LogP contribution is -2.14. The maximum atomic E-state index is 11.8. The number of carbonyl (C=O) groups excluding carboxylic acids is 1. The molecule has 0 aliphatic rings. The van der Waals surface area contributed by atoms with E-state index in [4.69, 9.17) is 17.3 Å². The molecule has 104 valence electrons. The molecule has 0 radical (unpaired) electrons. The summed E-state index contributed by atoms with van der Waals surface area (Å²) in [4.78, 5) is 16.7. The van der Waals surface area contributed by atoms with Gasteiger partial charge in [0.25, 0.3) is 0 Å². The van der Waals surface area contributed by atoms with Crippen molar-refractivity contribution >= 4 is 56.7 Å². The summed E-state index contributed by atoms with van der Waals surface area (Å²) in [5, 5.41) is 3.30. The Balaban J connectivity index is 1.92. The van der Waals surface area contributed by atoms with Crippen LogP contribution in [0.1, 0.15) is 0 Å². The molecule has 3 N–H and O–H groups in total. The minimum Gasteiger partial charge on any atom is -0.398 e. The number of nitrogen functional groups attached to an aromatic ring is 1. The van der Waals surface area contributed by atoms with Crippen LogP contribution < -0.4 is 11.1 Å². The molecule has 2 aromatic rings. The highest BCUT2D eigenvalue weighted by Gasteiger charge is 2.07. The van der Waals surface area contributed by atoms with E-state index in [9.17, 15) is 4.79 Å². The molecule has 2 rings (SSSR count). The Hall–Kier alpha value is -1.24. The third-order valence-corrected chi connectivity index (χ3v) is 4.10. The molecule has 4 nitrogen and oxygen atoms in total. The second-order valence-electron chi connectivity index (χ2n) is 3.88. The van der Waals surface area contributed by atoms with Crippen LogP contribution in [0.2, 0.25) is 5.02 Å². The first-order chi connectivity index (χ1) is 9.54. The second-order valence-corrected chi connectivity index (χ2v) is 6.25. The Morgan fingerprint density at radius 3 is 2.90 bits per heavy atom. The number of carbonyl (C=O) groups is 1. The highest BCUT2D eigenvalue weighted by Crippen LogP contribution is 2.28. The average Bonchev–Trinajstić information content (AvgIpc) is 2.42. The van der Waals surface area contributed by atoms with Gasteiger partial charge in [0.2, 0.25) is 5.91 Å². The summed E-state index contributed by atoms with van der Waals surface area (Å²) in [5.74, 6) is 0.601. The van der Waals surface area contributed by atoms with E-state index in [2.05, 4.69) is 26.2 Å². The molecule has 0 saturated heterocycles.